The fourth-order valence-corrected chi connectivity index (χ4v) is 0.925. The largest absolute Gasteiger partial charge is 0.453 e. The van der Waals surface area contributed by atoms with Crippen LogP contribution in [0.2, 0.25) is 0 Å². The molecule has 0 aliphatic heterocycles. The van der Waals surface area contributed by atoms with Gasteiger partial charge in [-0.3, -0.25) is 4.68 Å². The van der Waals surface area contributed by atoms with Gasteiger partial charge in [-0.25, -0.2) is 4.79 Å². The van der Waals surface area contributed by atoms with Crippen molar-refractivity contribution in [1.29, 1.82) is 0 Å². The first-order chi connectivity index (χ1) is 7.22. The van der Waals surface area contributed by atoms with Gasteiger partial charge in [0, 0.05) is 18.8 Å². The summed E-state index contributed by atoms with van der Waals surface area (Å²) in [5.74, 6) is -0.687. The number of aryl methyl sites for hydroxylation is 1. The summed E-state index contributed by atoms with van der Waals surface area (Å²) in [7, 11) is 1.81. The van der Waals surface area contributed by atoms with E-state index in [1.807, 2.05) is 13.2 Å². The van der Waals surface area contributed by atoms with Crippen LogP contribution >= 0.6 is 0 Å². The summed E-state index contributed by atoms with van der Waals surface area (Å²) in [6.07, 6.45) is 7.65. The Bertz CT molecular complexity index is 416. The molecule has 0 amide bonds. The van der Waals surface area contributed by atoms with E-state index in [9.17, 15) is 4.79 Å². The van der Waals surface area contributed by atoms with E-state index in [-0.39, 0.29) is 6.61 Å². The molecule has 0 saturated heterocycles. The number of hydrogen-bond acceptors (Lipinski definition) is 3. The van der Waals surface area contributed by atoms with Crippen LogP contribution in [-0.2, 0) is 16.6 Å². The van der Waals surface area contributed by atoms with Crippen molar-refractivity contribution < 1.29 is 14.3 Å². The summed E-state index contributed by atoms with van der Waals surface area (Å²) in [6, 6.07) is 0. The van der Waals surface area contributed by atoms with Gasteiger partial charge in [0.25, 0.3) is 0 Å². The van der Waals surface area contributed by atoms with Gasteiger partial charge in [-0.2, -0.15) is 9.89 Å². The first-order valence-electron chi connectivity index (χ1n) is 4.22. The van der Waals surface area contributed by atoms with Crippen LogP contribution in [-0.4, -0.2) is 33.4 Å². The molecule has 0 saturated carbocycles. The fourth-order valence-electron chi connectivity index (χ4n) is 0.925. The summed E-state index contributed by atoms with van der Waals surface area (Å²) < 4.78 is 6.32. The van der Waals surface area contributed by atoms with Gasteiger partial charge >= 0.3 is 12.2 Å². The van der Waals surface area contributed by atoms with Crippen molar-refractivity contribution in [3.05, 3.63) is 29.6 Å². The van der Waals surface area contributed by atoms with Crippen molar-refractivity contribution in [2.45, 2.75) is 0 Å². The van der Waals surface area contributed by atoms with Gasteiger partial charge in [0.1, 0.15) is 6.61 Å². The molecule has 0 unspecified atom stereocenters. The molecule has 0 aromatic carbocycles. The number of ether oxygens (including phenoxy) is 1. The number of esters is 1. The average Bonchev–Trinajstić information content (AvgIpc) is 2.60. The lowest BCUT2D eigenvalue weighted by Crippen LogP contribution is -2.05. The predicted molar refractivity (Wildman–Crippen MR) is 52.9 cm³/mol. The Morgan fingerprint density at radius 3 is 3.20 bits per heavy atom. The Labute approximate surface area is 86.4 Å². The maximum absolute atomic E-state index is 10.7. The maximum atomic E-state index is 10.7. The molecule has 0 fully saturated rings. The molecule has 0 N–H and O–H groups in total. The molecule has 1 heterocycles. The predicted octanol–water partition coefficient (Wildman–Crippen LogP) is 0.277. The number of rotatable bonds is 4. The summed E-state index contributed by atoms with van der Waals surface area (Å²) in [5.41, 5.74) is 8.93. The van der Waals surface area contributed by atoms with E-state index in [4.69, 9.17) is 5.53 Å². The minimum Gasteiger partial charge on any atom is -0.453 e. The third-order valence-corrected chi connectivity index (χ3v) is 1.52. The molecule has 0 atom stereocenters. The molecular formula is C9H10N4O2. The van der Waals surface area contributed by atoms with Crippen LogP contribution in [0.1, 0.15) is 5.56 Å². The van der Waals surface area contributed by atoms with Gasteiger partial charge in [-0.1, -0.05) is 6.08 Å². The fraction of sp³-hybridized carbons (Fsp3) is 0.222. The van der Waals surface area contributed by atoms with Crippen molar-refractivity contribution in [1.82, 2.24) is 9.78 Å². The van der Waals surface area contributed by atoms with Gasteiger partial charge in [0.15, 0.2) is 0 Å². The molecule has 0 aliphatic rings. The smallest absolute Gasteiger partial charge is 0.413 e. The molecule has 15 heavy (non-hydrogen) atoms. The van der Waals surface area contributed by atoms with Crippen LogP contribution in [0.3, 0.4) is 0 Å². The Hall–Kier alpha value is -2.20. The first-order valence-corrected chi connectivity index (χ1v) is 4.22. The molecule has 1 aromatic heterocycles. The van der Waals surface area contributed by atoms with E-state index in [1.54, 1.807) is 23.0 Å². The van der Waals surface area contributed by atoms with Gasteiger partial charge in [-0.05, 0) is 6.08 Å². The normalized spacial score (nSPS) is 9.93. The second-order valence-corrected chi connectivity index (χ2v) is 2.72. The van der Waals surface area contributed by atoms with Gasteiger partial charge in [-0.15, -0.1) is 0 Å². The average molecular weight is 206 g/mol. The minimum atomic E-state index is -0.687. The molecule has 0 radical (unpaired) electrons. The van der Waals surface area contributed by atoms with E-state index >= 15 is 0 Å². The molecule has 1 aromatic rings. The molecule has 78 valence electrons. The third kappa shape index (κ3) is 4.02. The summed E-state index contributed by atoms with van der Waals surface area (Å²) in [5, 5.41) is 3.96. The lowest BCUT2D eigenvalue weighted by Gasteiger charge is -1.91. The zero-order valence-electron chi connectivity index (χ0n) is 8.20. The van der Waals surface area contributed by atoms with E-state index in [2.05, 4.69) is 14.6 Å². The topological polar surface area (TPSA) is 80.5 Å². The Morgan fingerprint density at radius 1 is 1.80 bits per heavy atom. The van der Waals surface area contributed by atoms with Crippen molar-refractivity contribution in [3.63, 3.8) is 0 Å². The first kappa shape index (κ1) is 10.9. The standard InChI is InChI=1S/C9H10N4O2/c1-13-7-8(5-12-13)3-2-4-15-9(14)6-11-10/h2-3,5-7H,4H2,1H3. The van der Waals surface area contributed by atoms with E-state index < -0.39 is 5.97 Å². The highest BCUT2D eigenvalue weighted by Crippen LogP contribution is 1.98. The molecule has 0 bridgehead atoms. The van der Waals surface area contributed by atoms with Crippen LogP contribution in [0.4, 0.5) is 0 Å². The number of hydrogen-bond donors (Lipinski definition) is 0. The number of aromatic nitrogens is 2. The zero-order valence-corrected chi connectivity index (χ0v) is 8.20. The molecule has 6 heteroatoms. The van der Waals surface area contributed by atoms with Crippen molar-refractivity contribution in [2.75, 3.05) is 6.61 Å². The Kier molecular flexibility index (Phi) is 4.00. The van der Waals surface area contributed by atoms with Gasteiger partial charge in [0.05, 0.1) is 6.20 Å². The summed E-state index contributed by atoms with van der Waals surface area (Å²) in [4.78, 5) is 13.2. The lowest BCUT2D eigenvalue weighted by atomic mass is 10.3. The summed E-state index contributed by atoms with van der Waals surface area (Å²) >= 11 is 0. The van der Waals surface area contributed by atoms with Crippen molar-refractivity contribution in [2.24, 2.45) is 7.05 Å². The van der Waals surface area contributed by atoms with Crippen LogP contribution in [0.25, 0.3) is 11.6 Å². The molecular weight excluding hydrogens is 196 g/mol. The second kappa shape index (κ2) is 5.51. The van der Waals surface area contributed by atoms with Gasteiger partial charge in [0.2, 0.25) is 0 Å². The maximum Gasteiger partial charge on any atom is 0.413 e. The molecule has 0 spiro atoms. The van der Waals surface area contributed by atoms with E-state index in [1.165, 1.54) is 0 Å². The highest BCUT2D eigenvalue weighted by atomic mass is 16.5. The van der Waals surface area contributed by atoms with Crippen LogP contribution in [0.15, 0.2) is 18.5 Å². The van der Waals surface area contributed by atoms with Crippen molar-refractivity contribution >= 4 is 18.3 Å². The minimum absolute atomic E-state index is 0.125. The monoisotopic (exact) mass is 206 g/mol. The molecule has 0 aliphatic carbocycles. The molecule has 6 nitrogen and oxygen atoms in total. The SMILES string of the molecule is Cn1cc(C=CCOC(=O)C=[N+]=[N-])cn1. The van der Waals surface area contributed by atoms with Gasteiger partial charge < -0.3 is 10.3 Å². The Morgan fingerprint density at radius 2 is 2.60 bits per heavy atom. The van der Waals surface area contributed by atoms with E-state index in [0.29, 0.717) is 6.21 Å². The number of carbonyl (C=O) groups excluding carboxylic acids is 1. The highest BCUT2D eigenvalue weighted by Gasteiger charge is 1.99. The van der Waals surface area contributed by atoms with Crippen LogP contribution in [0.5, 0.6) is 0 Å². The van der Waals surface area contributed by atoms with Crippen LogP contribution < -0.4 is 0 Å². The number of carbonyl (C=O) groups is 1. The van der Waals surface area contributed by atoms with E-state index in [0.717, 1.165) is 5.56 Å². The van der Waals surface area contributed by atoms with Crippen LogP contribution in [0, 0.1) is 0 Å². The zero-order chi connectivity index (χ0) is 11.1. The lowest BCUT2D eigenvalue weighted by molar-refractivity contribution is -0.137. The third-order valence-electron chi connectivity index (χ3n) is 1.52. The molecule has 1 rings (SSSR count). The highest BCUT2D eigenvalue weighted by molar-refractivity contribution is 6.20. The second-order valence-electron chi connectivity index (χ2n) is 2.72. The van der Waals surface area contributed by atoms with Crippen molar-refractivity contribution in [3.8, 4) is 0 Å². The number of nitrogens with zero attached hydrogens (tertiary/aromatic N) is 4. The Balaban J connectivity index is 2.34. The summed E-state index contributed by atoms with van der Waals surface area (Å²) in [6.45, 7) is 0.125. The quantitative estimate of drug-likeness (QED) is 0.307.